The Hall–Kier alpha value is 2.16. The van der Waals surface area contributed by atoms with Crippen LogP contribution in [0, 0.1) is 10.8 Å². The molecule has 0 unspecified atom stereocenters. The van der Waals surface area contributed by atoms with E-state index in [4.69, 9.17) is 0 Å². The van der Waals surface area contributed by atoms with E-state index in [-0.39, 0.29) is 152 Å². The van der Waals surface area contributed by atoms with Gasteiger partial charge in [0.2, 0.25) is 0 Å². The van der Waals surface area contributed by atoms with Gasteiger partial charge in [-0.3, -0.25) is 0 Å². The molecule has 0 heterocycles. The summed E-state index contributed by atoms with van der Waals surface area (Å²) in [5.41, 5.74) is 2.79. The average Bonchev–Trinajstić information content (AvgIpc) is 2.54. The third-order valence-electron chi connectivity index (χ3n) is 5.65. The molecule has 0 saturated heterocycles. The van der Waals surface area contributed by atoms with Crippen molar-refractivity contribution in [3.63, 3.8) is 0 Å². The van der Waals surface area contributed by atoms with Gasteiger partial charge in [0.15, 0.2) is 0 Å². The molecule has 0 bridgehead atoms. The van der Waals surface area contributed by atoms with Crippen molar-refractivity contribution in [1.82, 2.24) is 0 Å². The van der Waals surface area contributed by atoms with E-state index in [9.17, 15) is 10.2 Å². The molecule has 0 aromatic heterocycles. The number of benzene rings is 2. The predicted octanol–water partition coefficient (Wildman–Crippen LogP) is 7.38. The molecule has 0 atom stereocenters. The van der Waals surface area contributed by atoms with E-state index in [1.807, 2.05) is 12.1 Å². The first-order valence-electron chi connectivity index (χ1n) is 11.2. The van der Waals surface area contributed by atoms with E-state index in [0.717, 1.165) is 22.6 Å². The SMILES string of the molecule is CC(C)(C)CC(C)(C)c1ccc(O)c(Sc2cc(C(C)(C)CC(C)(C)C)ccc2O)c1.[KH].[KH].[Ni]. The Morgan fingerprint density at radius 1 is 0.588 bits per heavy atom. The minimum Gasteiger partial charge on any atom is 0 e. The van der Waals surface area contributed by atoms with Crippen molar-refractivity contribution in [2.75, 3.05) is 0 Å². The van der Waals surface area contributed by atoms with E-state index >= 15 is 0 Å². The van der Waals surface area contributed by atoms with Gasteiger partial charge < -0.3 is 10.2 Å². The fourth-order valence-corrected chi connectivity index (χ4v) is 5.96. The number of rotatable bonds is 6. The predicted molar refractivity (Wildman–Crippen MR) is 149 cm³/mol. The van der Waals surface area contributed by atoms with Gasteiger partial charge in [-0.1, -0.05) is 93.1 Å². The number of aromatic hydroxyl groups is 2. The van der Waals surface area contributed by atoms with Gasteiger partial charge in [-0.15, -0.1) is 0 Å². The van der Waals surface area contributed by atoms with E-state index in [1.165, 1.54) is 22.9 Å². The summed E-state index contributed by atoms with van der Waals surface area (Å²) < 4.78 is 0. The van der Waals surface area contributed by atoms with Crippen LogP contribution >= 0.6 is 11.8 Å². The van der Waals surface area contributed by atoms with Crippen LogP contribution in [0.5, 0.6) is 11.5 Å². The van der Waals surface area contributed by atoms with Crippen molar-refractivity contribution in [3.8, 4) is 11.5 Å². The summed E-state index contributed by atoms with van der Waals surface area (Å²) in [6.07, 6.45) is 2.08. The Morgan fingerprint density at radius 3 is 1.15 bits per heavy atom. The average molecular weight is 582 g/mol. The molecule has 0 amide bonds. The number of phenols is 2. The van der Waals surface area contributed by atoms with E-state index in [1.54, 1.807) is 12.1 Å². The fourth-order valence-electron chi connectivity index (χ4n) is 5.01. The molecule has 0 aliphatic rings. The van der Waals surface area contributed by atoms with Gasteiger partial charge in [0.05, 0.1) is 9.79 Å². The topological polar surface area (TPSA) is 40.5 Å². The molecule has 0 spiro atoms. The Labute approximate surface area is 308 Å². The van der Waals surface area contributed by atoms with Crippen molar-refractivity contribution in [2.45, 2.75) is 103 Å². The summed E-state index contributed by atoms with van der Waals surface area (Å²) in [6.45, 7) is 22.6. The first-order chi connectivity index (χ1) is 13.9. The van der Waals surface area contributed by atoms with Crippen LogP contribution in [-0.4, -0.2) is 113 Å². The van der Waals surface area contributed by atoms with Crippen molar-refractivity contribution in [3.05, 3.63) is 47.5 Å². The quantitative estimate of drug-likeness (QED) is 0.350. The second-order valence-electron chi connectivity index (χ2n) is 12.7. The van der Waals surface area contributed by atoms with Gasteiger partial charge in [0.25, 0.3) is 0 Å². The molecule has 2 aromatic rings. The van der Waals surface area contributed by atoms with Crippen LogP contribution in [0.25, 0.3) is 0 Å². The van der Waals surface area contributed by atoms with Gasteiger partial charge in [-0.2, -0.15) is 0 Å². The molecular weight excluding hydrogens is 537 g/mol. The van der Waals surface area contributed by atoms with Gasteiger partial charge >= 0.3 is 103 Å². The third-order valence-corrected chi connectivity index (χ3v) is 6.74. The second kappa shape index (κ2) is 14.5. The molecule has 34 heavy (non-hydrogen) atoms. The van der Waals surface area contributed by atoms with Crippen LogP contribution in [-0.2, 0) is 27.3 Å². The van der Waals surface area contributed by atoms with Crippen molar-refractivity contribution in [2.24, 2.45) is 10.8 Å². The number of hydrogen-bond acceptors (Lipinski definition) is 3. The molecule has 186 valence electrons. The first kappa shape index (κ1) is 38.3. The van der Waals surface area contributed by atoms with Gasteiger partial charge in [-0.05, 0) is 69.9 Å². The number of hydrogen-bond donors (Lipinski definition) is 2. The standard InChI is InChI=1S/C28H42O2S.2K.Ni.2H/c1-25(2,3)17-27(7,8)19-11-13-21(29)23(15-19)31-24-16-20(12-14-22(24)30)28(9,10)18-26(4,5)6;;;;;/h11-16,29-30H,17-18H2,1-10H3;;;;;. The minimum atomic E-state index is -0.0140. The minimum absolute atomic E-state index is 0. The molecule has 0 aliphatic heterocycles. The zero-order valence-corrected chi connectivity index (χ0v) is 23.3. The second-order valence-corrected chi connectivity index (χ2v) is 13.8. The summed E-state index contributed by atoms with van der Waals surface area (Å²) in [7, 11) is 0. The van der Waals surface area contributed by atoms with E-state index < -0.39 is 0 Å². The Balaban J connectivity index is 0. The van der Waals surface area contributed by atoms with Crippen LogP contribution in [0.3, 0.4) is 0 Å². The molecule has 6 heteroatoms. The summed E-state index contributed by atoms with van der Waals surface area (Å²) in [4.78, 5) is 1.56. The van der Waals surface area contributed by atoms with Crippen LogP contribution in [0.1, 0.15) is 93.2 Å². The Bertz CT molecular complexity index is 853. The van der Waals surface area contributed by atoms with Crippen LogP contribution < -0.4 is 0 Å². The third kappa shape index (κ3) is 11.9. The zero-order valence-electron chi connectivity index (χ0n) is 21.5. The number of phenolic OH excluding ortho intramolecular Hbond substituents is 2. The van der Waals surface area contributed by atoms with Gasteiger partial charge in [0.1, 0.15) is 11.5 Å². The Morgan fingerprint density at radius 2 is 0.882 bits per heavy atom. The maximum absolute atomic E-state index is 10.6. The van der Waals surface area contributed by atoms with E-state index in [0.29, 0.717) is 0 Å². The molecule has 0 fully saturated rings. The smallest absolute Gasteiger partial charge is 0 e. The largest absolute Gasteiger partial charge is 0 e. The van der Waals surface area contributed by atoms with Crippen LogP contribution in [0.2, 0.25) is 0 Å². The molecule has 0 aliphatic carbocycles. The first-order valence-corrected chi connectivity index (χ1v) is 12.1. The maximum Gasteiger partial charge on any atom is 0 e. The molecule has 0 radical (unpaired) electrons. The summed E-state index contributed by atoms with van der Waals surface area (Å²) in [5, 5.41) is 21.1. The van der Waals surface area contributed by atoms with Gasteiger partial charge in [-0.25, -0.2) is 0 Å². The van der Waals surface area contributed by atoms with Crippen molar-refractivity contribution in [1.29, 1.82) is 0 Å². The summed E-state index contributed by atoms with van der Waals surface area (Å²) >= 11 is 1.44. The van der Waals surface area contributed by atoms with Crippen molar-refractivity contribution >= 4 is 115 Å². The van der Waals surface area contributed by atoms with Crippen LogP contribution in [0.15, 0.2) is 46.2 Å². The molecular formula is C28H44K2NiO2S. The Kier molecular flexibility index (Phi) is 16.4. The normalized spacial score (nSPS) is 12.3. The zero-order chi connectivity index (χ0) is 23.8. The molecule has 0 saturated carbocycles. The molecule has 2 nitrogen and oxygen atoms in total. The molecule has 2 rings (SSSR count). The van der Waals surface area contributed by atoms with E-state index in [2.05, 4.69) is 81.4 Å². The van der Waals surface area contributed by atoms with Crippen molar-refractivity contribution < 1.29 is 26.7 Å². The molecule has 2 N–H and O–H groups in total. The summed E-state index contributed by atoms with van der Waals surface area (Å²) in [5.74, 6) is 0.498. The monoisotopic (exact) mass is 580 g/mol. The van der Waals surface area contributed by atoms with Gasteiger partial charge in [0, 0.05) is 16.5 Å². The fraction of sp³-hybridized carbons (Fsp3) is 0.571. The van der Waals surface area contributed by atoms with Crippen LogP contribution in [0.4, 0.5) is 0 Å². The molecule has 2 aromatic carbocycles. The maximum atomic E-state index is 10.6. The summed E-state index contributed by atoms with van der Waals surface area (Å²) in [6, 6.07) is 11.8.